The van der Waals surface area contributed by atoms with Crippen LogP contribution in [0.1, 0.15) is 51.4 Å². The lowest BCUT2D eigenvalue weighted by Crippen LogP contribution is -2.04. The monoisotopic (exact) mass is 293 g/mol. The molecular weight excluding hydrogens is 258 g/mol. The number of unbranched alkanes of at least 4 members (excludes halogenated alkanes) is 4. The second-order valence-corrected chi connectivity index (χ2v) is 4.43. The van der Waals surface area contributed by atoms with Crippen molar-refractivity contribution in [2.75, 3.05) is 13.1 Å². The van der Waals surface area contributed by atoms with Gasteiger partial charge in [0.15, 0.2) is 0 Å². The van der Waals surface area contributed by atoms with Gasteiger partial charge in [0.05, 0.1) is 0 Å². The summed E-state index contributed by atoms with van der Waals surface area (Å²) in [6, 6.07) is 0.448. The summed E-state index contributed by atoms with van der Waals surface area (Å²) in [6.07, 6.45) is 9.55. The SMILES string of the molecule is C=C.C=C.C=NCCCCCC(CCCCCN=C)N=C. The fourth-order valence-electron chi connectivity index (χ4n) is 1.89. The highest BCUT2D eigenvalue weighted by Gasteiger charge is 2.04. The first-order chi connectivity index (χ1) is 10.3. The summed E-state index contributed by atoms with van der Waals surface area (Å²) in [6.45, 7) is 24.4. The van der Waals surface area contributed by atoms with Gasteiger partial charge in [-0.2, -0.15) is 0 Å². The molecule has 0 spiro atoms. The Bertz CT molecular complexity index is 207. The summed E-state index contributed by atoms with van der Waals surface area (Å²) < 4.78 is 0. The van der Waals surface area contributed by atoms with Crippen LogP contribution in [0.5, 0.6) is 0 Å². The minimum Gasteiger partial charge on any atom is -0.301 e. The minimum atomic E-state index is 0.448. The first-order valence-corrected chi connectivity index (χ1v) is 7.66. The van der Waals surface area contributed by atoms with Crippen molar-refractivity contribution in [2.45, 2.75) is 57.4 Å². The normalized spacial score (nSPS) is 8.81. The van der Waals surface area contributed by atoms with Crippen LogP contribution < -0.4 is 0 Å². The van der Waals surface area contributed by atoms with E-state index in [0.717, 1.165) is 25.9 Å². The summed E-state index contributed by atoms with van der Waals surface area (Å²) in [5.41, 5.74) is 0. The van der Waals surface area contributed by atoms with Crippen molar-refractivity contribution in [1.29, 1.82) is 0 Å². The van der Waals surface area contributed by atoms with E-state index in [2.05, 4.69) is 61.4 Å². The van der Waals surface area contributed by atoms with Gasteiger partial charge in [-0.25, -0.2) is 0 Å². The average Bonchev–Trinajstić information content (AvgIpc) is 2.56. The zero-order chi connectivity index (χ0) is 16.8. The Morgan fingerprint density at radius 3 is 1.24 bits per heavy atom. The number of hydrogen-bond donors (Lipinski definition) is 0. The molecule has 0 aliphatic rings. The Morgan fingerprint density at radius 2 is 0.952 bits per heavy atom. The molecule has 0 rings (SSSR count). The molecule has 0 amide bonds. The molecule has 0 aromatic rings. The molecule has 0 aliphatic heterocycles. The summed E-state index contributed by atoms with van der Waals surface area (Å²) in [7, 11) is 0. The second-order valence-electron chi connectivity index (χ2n) is 4.43. The van der Waals surface area contributed by atoms with Crippen LogP contribution in [0.25, 0.3) is 0 Å². The largest absolute Gasteiger partial charge is 0.301 e. The molecule has 0 atom stereocenters. The van der Waals surface area contributed by atoms with Gasteiger partial charge in [0.2, 0.25) is 0 Å². The summed E-state index contributed by atoms with van der Waals surface area (Å²) in [5, 5.41) is 0. The zero-order valence-corrected chi connectivity index (χ0v) is 13.9. The van der Waals surface area contributed by atoms with E-state index in [1.165, 1.54) is 38.5 Å². The smallest absolute Gasteiger partial charge is 0.0492 e. The highest BCUT2D eigenvalue weighted by Crippen LogP contribution is 2.13. The van der Waals surface area contributed by atoms with Gasteiger partial charge in [-0.1, -0.05) is 25.7 Å². The first kappa shape index (κ1) is 24.5. The molecule has 0 saturated carbocycles. The van der Waals surface area contributed by atoms with Crippen LogP contribution in [0.4, 0.5) is 0 Å². The van der Waals surface area contributed by atoms with Gasteiger partial charge in [-0.05, 0) is 45.8 Å². The molecule has 3 nitrogen and oxygen atoms in total. The predicted octanol–water partition coefficient (Wildman–Crippen LogP) is 5.18. The molecule has 21 heavy (non-hydrogen) atoms. The quantitative estimate of drug-likeness (QED) is 0.255. The third kappa shape index (κ3) is 23.9. The van der Waals surface area contributed by atoms with Gasteiger partial charge in [0, 0.05) is 19.1 Å². The molecule has 0 aromatic carbocycles. The Labute approximate surface area is 132 Å². The van der Waals surface area contributed by atoms with E-state index in [9.17, 15) is 0 Å². The molecule has 0 N–H and O–H groups in total. The summed E-state index contributed by atoms with van der Waals surface area (Å²) >= 11 is 0. The minimum absolute atomic E-state index is 0.448. The van der Waals surface area contributed by atoms with Crippen molar-refractivity contribution in [3.8, 4) is 0 Å². The van der Waals surface area contributed by atoms with Gasteiger partial charge in [0.1, 0.15) is 0 Å². The van der Waals surface area contributed by atoms with E-state index < -0.39 is 0 Å². The van der Waals surface area contributed by atoms with Crippen molar-refractivity contribution in [1.82, 2.24) is 0 Å². The maximum Gasteiger partial charge on any atom is 0.0492 e. The highest BCUT2D eigenvalue weighted by molar-refractivity contribution is 5.24. The fourth-order valence-corrected chi connectivity index (χ4v) is 1.89. The molecule has 0 radical (unpaired) electrons. The van der Waals surface area contributed by atoms with E-state index in [1.54, 1.807) is 0 Å². The average molecular weight is 293 g/mol. The lowest BCUT2D eigenvalue weighted by Gasteiger charge is -2.11. The topological polar surface area (TPSA) is 37.1 Å². The van der Waals surface area contributed by atoms with Crippen molar-refractivity contribution >= 4 is 20.2 Å². The molecule has 122 valence electrons. The van der Waals surface area contributed by atoms with Crippen molar-refractivity contribution < 1.29 is 0 Å². The maximum absolute atomic E-state index is 4.20. The standard InChI is InChI=1S/C14H27N3.2C2H4/c1-15-12-8-4-6-10-14(17-3)11-7-5-9-13-16-2;2*1-2/h14H,1-13H2;2*1-2H2. The van der Waals surface area contributed by atoms with Gasteiger partial charge in [0.25, 0.3) is 0 Å². The van der Waals surface area contributed by atoms with Gasteiger partial charge < -0.3 is 9.98 Å². The number of hydrogen-bond acceptors (Lipinski definition) is 3. The predicted molar refractivity (Wildman–Crippen MR) is 102 cm³/mol. The highest BCUT2D eigenvalue weighted by atomic mass is 14.7. The second kappa shape index (κ2) is 26.9. The molecule has 0 fully saturated rings. The molecule has 3 heteroatoms. The Morgan fingerprint density at radius 1 is 0.571 bits per heavy atom. The van der Waals surface area contributed by atoms with Crippen LogP contribution in [-0.4, -0.2) is 39.3 Å². The number of aliphatic imine (C=N–C) groups is 3. The maximum atomic E-state index is 4.20. The Balaban J connectivity index is -0.000000739. The summed E-state index contributed by atoms with van der Waals surface area (Å²) in [5.74, 6) is 0. The van der Waals surface area contributed by atoms with Gasteiger partial charge in [-0.15, -0.1) is 26.3 Å². The fraction of sp³-hybridized carbons (Fsp3) is 0.611. The lowest BCUT2D eigenvalue weighted by molar-refractivity contribution is 0.501. The third-order valence-electron chi connectivity index (χ3n) is 2.97. The van der Waals surface area contributed by atoms with E-state index in [-0.39, 0.29) is 0 Å². The van der Waals surface area contributed by atoms with Crippen LogP contribution in [0.2, 0.25) is 0 Å². The summed E-state index contributed by atoms with van der Waals surface area (Å²) in [4.78, 5) is 11.9. The lowest BCUT2D eigenvalue weighted by atomic mass is 10.0. The molecule has 0 unspecified atom stereocenters. The van der Waals surface area contributed by atoms with Crippen LogP contribution in [0.3, 0.4) is 0 Å². The Hall–Kier alpha value is -1.51. The number of nitrogens with zero attached hydrogens (tertiary/aromatic N) is 3. The van der Waals surface area contributed by atoms with E-state index in [4.69, 9.17) is 0 Å². The van der Waals surface area contributed by atoms with Gasteiger partial charge in [-0.3, -0.25) is 4.99 Å². The third-order valence-corrected chi connectivity index (χ3v) is 2.97. The first-order valence-electron chi connectivity index (χ1n) is 7.66. The molecule has 0 aliphatic carbocycles. The number of rotatable bonds is 13. The zero-order valence-electron chi connectivity index (χ0n) is 13.9. The molecule has 0 heterocycles. The molecular formula is C18H35N3. The molecule has 0 bridgehead atoms. The molecule has 0 aromatic heterocycles. The van der Waals surface area contributed by atoms with Crippen LogP contribution in [-0.2, 0) is 0 Å². The van der Waals surface area contributed by atoms with Crippen molar-refractivity contribution in [3.63, 3.8) is 0 Å². The van der Waals surface area contributed by atoms with E-state index >= 15 is 0 Å². The van der Waals surface area contributed by atoms with Crippen LogP contribution >= 0.6 is 0 Å². The van der Waals surface area contributed by atoms with Crippen molar-refractivity contribution in [2.24, 2.45) is 15.0 Å². The van der Waals surface area contributed by atoms with Crippen molar-refractivity contribution in [3.05, 3.63) is 26.3 Å². The van der Waals surface area contributed by atoms with Crippen LogP contribution in [0, 0.1) is 0 Å². The Kier molecular flexibility index (Phi) is 31.4. The van der Waals surface area contributed by atoms with E-state index in [1.807, 2.05) is 0 Å². The van der Waals surface area contributed by atoms with E-state index in [0.29, 0.717) is 6.04 Å². The molecule has 0 saturated heterocycles. The van der Waals surface area contributed by atoms with Crippen LogP contribution in [0.15, 0.2) is 41.3 Å². The van der Waals surface area contributed by atoms with Gasteiger partial charge >= 0.3 is 0 Å².